The van der Waals surface area contributed by atoms with Crippen LogP contribution in [0.2, 0.25) is 0 Å². The van der Waals surface area contributed by atoms with Crippen LogP contribution in [-0.4, -0.2) is 23.3 Å². The van der Waals surface area contributed by atoms with Gasteiger partial charge in [-0.15, -0.1) is 11.3 Å². The van der Waals surface area contributed by atoms with Crippen molar-refractivity contribution in [3.8, 4) is 0 Å². The van der Waals surface area contributed by atoms with Crippen LogP contribution in [-0.2, 0) is 17.0 Å². The van der Waals surface area contributed by atoms with Crippen molar-refractivity contribution >= 4 is 33.3 Å². The SMILES string of the molecule is COCCn1c(SCc2cc(C)cc(C)c2)nc2sc(C)c(C)c2c1=O. The minimum atomic E-state index is 0.0387. The molecule has 0 aliphatic carbocycles. The summed E-state index contributed by atoms with van der Waals surface area (Å²) in [5, 5.41) is 1.51. The Labute approximate surface area is 162 Å². The molecule has 0 aliphatic rings. The number of ether oxygens (including phenoxy) is 1. The Bertz CT molecular complexity index is 985. The van der Waals surface area contributed by atoms with E-state index in [1.807, 2.05) is 13.8 Å². The second kappa shape index (κ2) is 7.94. The third-order valence-corrected chi connectivity index (χ3v) is 6.57. The van der Waals surface area contributed by atoms with E-state index in [4.69, 9.17) is 9.72 Å². The van der Waals surface area contributed by atoms with Gasteiger partial charge in [0.05, 0.1) is 18.5 Å². The normalized spacial score (nSPS) is 11.4. The highest BCUT2D eigenvalue weighted by molar-refractivity contribution is 7.98. The maximum atomic E-state index is 13.1. The molecule has 0 radical (unpaired) electrons. The van der Waals surface area contributed by atoms with Crippen LogP contribution >= 0.6 is 23.1 Å². The summed E-state index contributed by atoms with van der Waals surface area (Å²) in [7, 11) is 1.65. The van der Waals surface area contributed by atoms with Crippen molar-refractivity contribution in [3.05, 3.63) is 55.7 Å². The van der Waals surface area contributed by atoms with E-state index < -0.39 is 0 Å². The van der Waals surface area contributed by atoms with E-state index in [2.05, 4.69) is 32.0 Å². The number of hydrogen-bond acceptors (Lipinski definition) is 5. The van der Waals surface area contributed by atoms with Gasteiger partial charge in [0.1, 0.15) is 4.83 Å². The van der Waals surface area contributed by atoms with Crippen LogP contribution in [0, 0.1) is 27.7 Å². The number of hydrogen-bond donors (Lipinski definition) is 0. The van der Waals surface area contributed by atoms with Crippen molar-refractivity contribution in [1.82, 2.24) is 9.55 Å². The van der Waals surface area contributed by atoms with Gasteiger partial charge in [0.15, 0.2) is 5.16 Å². The molecular weight excluding hydrogens is 364 g/mol. The molecule has 0 bridgehead atoms. The minimum absolute atomic E-state index is 0.0387. The van der Waals surface area contributed by atoms with E-state index in [1.54, 1.807) is 34.8 Å². The first kappa shape index (κ1) is 19.1. The molecule has 3 rings (SSSR count). The molecule has 6 heteroatoms. The number of thiophene rings is 1. The zero-order valence-corrected chi connectivity index (χ0v) is 17.5. The Morgan fingerprint density at radius 2 is 1.85 bits per heavy atom. The lowest BCUT2D eigenvalue weighted by Crippen LogP contribution is -2.25. The molecule has 0 atom stereocenters. The Morgan fingerprint density at radius 3 is 2.50 bits per heavy atom. The summed E-state index contributed by atoms with van der Waals surface area (Å²) >= 11 is 3.21. The standard InChI is InChI=1S/C20H24N2O2S2/c1-12-8-13(2)10-16(9-12)11-25-20-21-18-17(14(3)15(4)26-18)19(23)22(20)6-7-24-5/h8-10H,6-7,11H2,1-5H3. The maximum Gasteiger partial charge on any atom is 0.263 e. The molecule has 2 aromatic heterocycles. The fraction of sp³-hybridized carbons (Fsp3) is 0.400. The first-order valence-electron chi connectivity index (χ1n) is 8.60. The summed E-state index contributed by atoms with van der Waals surface area (Å²) in [6, 6.07) is 6.55. The van der Waals surface area contributed by atoms with E-state index in [9.17, 15) is 4.79 Å². The Hall–Kier alpha value is -1.63. The highest BCUT2D eigenvalue weighted by Crippen LogP contribution is 2.29. The number of methoxy groups -OCH3 is 1. The van der Waals surface area contributed by atoms with Gasteiger partial charge >= 0.3 is 0 Å². The summed E-state index contributed by atoms with van der Waals surface area (Å²) < 4.78 is 6.97. The molecule has 0 saturated heterocycles. The van der Waals surface area contributed by atoms with Crippen molar-refractivity contribution in [2.24, 2.45) is 0 Å². The molecule has 0 saturated carbocycles. The van der Waals surface area contributed by atoms with Gasteiger partial charge in [-0.3, -0.25) is 9.36 Å². The molecule has 0 aliphatic heterocycles. The van der Waals surface area contributed by atoms with Crippen LogP contribution in [0.1, 0.15) is 27.1 Å². The second-order valence-electron chi connectivity index (χ2n) is 6.59. The number of nitrogens with zero attached hydrogens (tertiary/aromatic N) is 2. The van der Waals surface area contributed by atoms with Crippen LogP contribution in [0.3, 0.4) is 0 Å². The van der Waals surface area contributed by atoms with Gasteiger partial charge in [0.25, 0.3) is 5.56 Å². The van der Waals surface area contributed by atoms with E-state index in [0.29, 0.717) is 13.2 Å². The third kappa shape index (κ3) is 3.87. The Kier molecular flexibility index (Phi) is 5.85. The van der Waals surface area contributed by atoms with Gasteiger partial charge in [-0.25, -0.2) is 4.98 Å². The van der Waals surface area contributed by atoms with Gasteiger partial charge in [0, 0.05) is 17.7 Å². The molecule has 138 valence electrons. The first-order chi connectivity index (χ1) is 12.4. The average molecular weight is 389 g/mol. The molecule has 0 amide bonds. The smallest absolute Gasteiger partial charge is 0.263 e. The summed E-state index contributed by atoms with van der Waals surface area (Å²) in [5.74, 6) is 0.788. The molecule has 0 spiro atoms. The fourth-order valence-corrected chi connectivity index (χ4v) is 5.12. The maximum absolute atomic E-state index is 13.1. The molecule has 0 N–H and O–H groups in total. The van der Waals surface area contributed by atoms with E-state index >= 15 is 0 Å². The molecule has 26 heavy (non-hydrogen) atoms. The van der Waals surface area contributed by atoms with Crippen molar-refractivity contribution in [3.63, 3.8) is 0 Å². The number of benzene rings is 1. The number of rotatable bonds is 6. The molecular formula is C20H24N2O2S2. The van der Waals surface area contributed by atoms with Crippen molar-refractivity contribution in [2.45, 2.75) is 45.1 Å². The quantitative estimate of drug-likeness (QED) is 0.456. The lowest BCUT2D eigenvalue weighted by molar-refractivity contribution is 0.183. The van der Waals surface area contributed by atoms with Gasteiger partial charge in [-0.05, 0) is 38.8 Å². The number of thioether (sulfide) groups is 1. The zero-order valence-electron chi connectivity index (χ0n) is 15.9. The number of aryl methyl sites for hydroxylation is 4. The molecule has 4 nitrogen and oxygen atoms in total. The van der Waals surface area contributed by atoms with Crippen LogP contribution in [0.15, 0.2) is 28.2 Å². The number of aromatic nitrogens is 2. The summed E-state index contributed by atoms with van der Waals surface area (Å²) in [6.07, 6.45) is 0. The summed E-state index contributed by atoms with van der Waals surface area (Å²) in [6.45, 7) is 9.27. The fourth-order valence-electron chi connectivity index (χ4n) is 3.10. The minimum Gasteiger partial charge on any atom is -0.383 e. The van der Waals surface area contributed by atoms with Crippen molar-refractivity contribution in [2.75, 3.05) is 13.7 Å². The highest BCUT2D eigenvalue weighted by Gasteiger charge is 2.16. The Balaban J connectivity index is 2.01. The van der Waals surface area contributed by atoms with Crippen LogP contribution in [0.25, 0.3) is 10.2 Å². The molecule has 3 aromatic rings. The van der Waals surface area contributed by atoms with Gasteiger partial charge in [0.2, 0.25) is 0 Å². The summed E-state index contributed by atoms with van der Waals surface area (Å²) in [4.78, 5) is 19.9. The molecule has 2 heterocycles. The topological polar surface area (TPSA) is 44.1 Å². The predicted molar refractivity (Wildman–Crippen MR) is 111 cm³/mol. The van der Waals surface area contributed by atoms with Crippen molar-refractivity contribution in [1.29, 1.82) is 0 Å². The first-order valence-corrected chi connectivity index (χ1v) is 10.4. The van der Waals surface area contributed by atoms with E-state index in [1.165, 1.54) is 16.7 Å². The van der Waals surface area contributed by atoms with Crippen LogP contribution < -0.4 is 5.56 Å². The highest BCUT2D eigenvalue weighted by atomic mass is 32.2. The molecule has 0 fully saturated rings. The zero-order chi connectivity index (χ0) is 18.8. The van der Waals surface area contributed by atoms with Gasteiger partial charge in [-0.2, -0.15) is 0 Å². The Morgan fingerprint density at radius 1 is 1.15 bits per heavy atom. The number of fused-ring (bicyclic) bond motifs is 1. The van der Waals surface area contributed by atoms with Crippen molar-refractivity contribution < 1.29 is 4.74 Å². The second-order valence-corrected chi connectivity index (χ2v) is 8.74. The lowest BCUT2D eigenvalue weighted by atomic mass is 10.1. The lowest BCUT2D eigenvalue weighted by Gasteiger charge is -2.12. The van der Waals surface area contributed by atoms with E-state index in [0.717, 1.165) is 31.6 Å². The largest absolute Gasteiger partial charge is 0.383 e. The van der Waals surface area contributed by atoms with Gasteiger partial charge < -0.3 is 4.74 Å². The predicted octanol–water partition coefficient (Wildman–Crippen LogP) is 4.63. The summed E-state index contributed by atoms with van der Waals surface area (Å²) in [5.41, 5.74) is 4.84. The molecule has 0 unspecified atom stereocenters. The third-order valence-electron chi connectivity index (χ3n) is 4.42. The van der Waals surface area contributed by atoms with Crippen LogP contribution in [0.5, 0.6) is 0 Å². The monoisotopic (exact) mass is 388 g/mol. The molecule has 1 aromatic carbocycles. The van der Waals surface area contributed by atoms with E-state index in [-0.39, 0.29) is 5.56 Å². The van der Waals surface area contributed by atoms with Gasteiger partial charge in [-0.1, -0.05) is 41.1 Å². The average Bonchev–Trinajstić information content (AvgIpc) is 2.86. The van der Waals surface area contributed by atoms with Crippen LogP contribution in [0.4, 0.5) is 0 Å².